The summed E-state index contributed by atoms with van der Waals surface area (Å²) in [5, 5.41) is 4.82. The third-order valence-corrected chi connectivity index (χ3v) is 10.4. The number of aromatic nitrogens is 2. The Morgan fingerprint density at radius 1 is 0.468 bits per heavy atom. The molecule has 0 aliphatic carbocycles. The smallest absolute Gasteiger partial charge is 0.227 e. The van der Waals surface area contributed by atoms with E-state index in [0.29, 0.717) is 5.89 Å². The van der Waals surface area contributed by atoms with Gasteiger partial charge in [-0.1, -0.05) is 91.0 Å². The summed E-state index contributed by atoms with van der Waals surface area (Å²) in [6.07, 6.45) is 0. The molecule has 0 bridgehead atoms. The second-order valence-corrected chi connectivity index (χ2v) is 13.1. The Labute approximate surface area is 274 Å². The Balaban J connectivity index is 1.12. The monoisotopic (exact) mass is 618 g/mol. The van der Waals surface area contributed by atoms with Gasteiger partial charge in [0.05, 0.1) is 11.0 Å². The number of benzene rings is 7. The molecule has 0 radical (unpaired) electrons. The molecule has 0 amide bonds. The molecule has 0 aliphatic rings. The average Bonchev–Trinajstić information content (AvgIpc) is 3.83. The Bertz CT molecular complexity index is 2670. The summed E-state index contributed by atoms with van der Waals surface area (Å²) in [7, 11) is 0. The van der Waals surface area contributed by atoms with E-state index in [1.165, 1.54) is 58.8 Å². The number of rotatable bonds is 4. The molecule has 7 aromatic carbocycles. The molecule has 3 aromatic heterocycles. The fourth-order valence-electron chi connectivity index (χ4n) is 6.99. The summed E-state index contributed by atoms with van der Waals surface area (Å²) in [5.41, 5.74) is 11.0. The number of thiophene rings is 1. The van der Waals surface area contributed by atoms with Crippen LogP contribution in [0.2, 0.25) is 0 Å². The van der Waals surface area contributed by atoms with Gasteiger partial charge in [-0.15, -0.1) is 11.3 Å². The molecule has 10 aromatic rings. The molecular formula is C43H26N2OS. The van der Waals surface area contributed by atoms with Crippen LogP contribution in [0.15, 0.2) is 162 Å². The predicted molar refractivity (Wildman–Crippen MR) is 198 cm³/mol. The largest absolute Gasteiger partial charge is 0.435 e. The van der Waals surface area contributed by atoms with Crippen LogP contribution in [0.4, 0.5) is 0 Å². The highest BCUT2D eigenvalue weighted by molar-refractivity contribution is 7.26. The second kappa shape index (κ2) is 10.3. The van der Waals surface area contributed by atoms with Gasteiger partial charge in [0, 0.05) is 42.2 Å². The highest BCUT2D eigenvalue weighted by Gasteiger charge is 2.17. The average molecular weight is 619 g/mol. The lowest BCUT2D eigenvalue weighted by molar-refractivity contribution is 0.623. The van der Waals surface area contributed by atoms with Crippen molar-refractivity contribution in [2.45, 2.75) is 0 Å². The van der Waals surface area contributed by atoms with E-state index < -0.39 is 0 Å². The van der Waals surface area contributed by atoms with Gasteiger partial charge in [0.2, 0.25) is 5.89 Å². The van der Waals surface area contributed by atoms with E-state index in [2.05, 4.69) is 162 Å². The van der Waals surface area contributed by atoms with Crippen LogP contribution in [0.1, 0.15) is 0 Å². The first kappa shape index (κ1) is 26.3. The van der Waals surface area contributed by atoms with Gasteiger partial charge >= 0.3 is 0 Å². The topological polar surface area (TPSA) is 31.0 Å². The molecular weight excluding hydrogens is 593 g/mol. The molecule has 0 atom stereocenters. The number of nitrogens with zero attached hydrogens (tertiary/aromatic N) is 2. The summed E-state index contributed by atoms with van der Waals surface area (Å²) in [4.78, 5) is 4.92. The molecule has 0 saturated heterocycles. The Kier molecular flexibility index (Phi) is 5.74. The lowest BCUT2D eigenvalue weighted by Crippen LogP contribution is -1.94. The van der Waals surface area contributed by atoms with Crippen molar-refractivity contribution in [1.82, 2.24) is 9.55 Å². The fourth-order valence-corrected chi connectivity index (χ4v) is 8.10. The van der Waals surface area contributed by atoms with Crippen molar-refractivity contribution in [3.63, 3.8) is 0 Å². The van der Waals surface area contributed by atoms with E-state index >= 15 is 0 Å². The number of hydrogen-bond acceptors (Lipinski definition) is 3. The summed E-state index contributed by atoms with van der Waals surface area (Å²) in [6.45, 7) is 0. The first-order chi connectivity index (χ1) is 23.3. The Morgan fingerprint density at radius 2 is 1.06 bits per heavy atom. The molecule has 10 rings (SSSR count). The molecule has 3 heterocycles. The molecule has 220 valence electrons. The normalized spacial score (nSPS) is 11.8. The first-order valence-electron chi connectivity index (χ1n) is 15.8. The highest BCUT2D eigenvalue weighted by Crippen LogP contribution is 2.41. The zero-order chi connectivity index (χ0) is 30.9. The lowest BCUT2D eigenvalue weighted by atomic mass is 10.0. The standard InChI is InChI=1S/C43H26N2OS/c1-3-9-27(10-4-1)30-17-22-37-34(25-30)35-26-31(28-11-5-2-6-12-28)18-23-38(35)45(37)32-19-15-29(16-20-32)43-44-36-21-24-40-41(42(36)46-43)33-13-7-8-14-39(33)47-40/h1-26H. The van der Waals surface area contributed by atoms with Crippen LogP contribution in [0.3, 0.4) is 0 Å². The molecule has 0 saturated carbocycles. The molecule has 4 heteroatoms. The SMILES string of the molecule is c1ccc(-c2ccc3c(c2)c2cc(-c4ccccc4)ccc2n3-c2ccc(-c3nc4ccc5sc6ccccc6c5c4o3)cc2)cc1. The zero-order valence-electron chi connectivity index (χ0n) is 25.2. The molecule has 0 fully saturated rings. The van der Waals surface area contributed by atoms with E-state index in [9.17, 15) is 0 Å². The second-order valence-electron chi connectivity index (χ2n) is 12.0. The van der Waals surface area contributed by atoms with Crippen LogP contribution in [0.25, 0.3) is 92.5 Å². The third kappa shape index (κ3) is 4.16. The van der Waals surface area contributed by atoms with Crippen molar-refractivity contribution in [2.75, 3.05) is 0 Å². The summed E-state index contributed by atoms with van der Waals surface area (Å²) in [5.74, 6) is 0.636. The zero-order valence-corrected chi connectivity index (χ0v) is 26.0. The van der Waals surface area contributed by atoms with Gasteiger partial charge in [-0.3, -0.25) is 0 Å². The maximum atomic E-state index is 6.50. The van der Waals surface area contributed by atoms with Crippen molar-refractivity contribution >= 4 is 64.4 Å². The van der Waals surface area contributed by atoms with Crippen molar-refractivity contribution < 1.29 is 4.42 Å². The maximum Gasteiger partial charge on any atom is 0.227 e. The van der Waals surface area contributed by atoms with Crippen molar-refractivity contribution in [3.8, 4) is 39.4 Å². The summed E-state index contributed by atoms with van der Waals surface area (Å²) in [6, 6.07) is 56.2. The molecule has 47 heavy (non-hydrogen) atoms. The summed E-state index contributed by atoms with van der Waals surface area (Å²) >= 11 is 1.79. The van der Waals surface area contributed by atoms with E-state index in [1.807, 2.05) is 0 Å². The van der Waals surface area contributed by atoms with Crippen LogP contribution in [-0.4, -0.2) is 9.55 Å². The quantitative estimate of drug-likeness (QED) is 0.196. The Hall–Kier alpha value is -5.97. The van der Waals surface area contributed by atoms with Gasteiger partial charge in [-0.2, -0.15) is 0 Å². The molecule has 0 unspecified atom stereocenters. The minimum atomic E-state index is 0.636. The van der Waals surface area contributed by atoms with Crippen molar-refractivity contribution in [1.29, 1.82) is 0 Å². The number of hydrogen-bond donors (Lipinski definition) is 0. The molecule has 0 N–H and O–H groups in total. The predicted octanol–water partition coefficient (Wildman–Crippen LogP) is 12.3. The Morgan fingerprint density at radius 3 is 1.72 bits per heavy atom. The fraction of sp³-hybridized carbons (Fsp3) is 0. The van der Waals surface area contributed by atoms with Crippen LogP contribution < -0.4 is 0 Å². The molecule has 0 spiro atoms. The van der Waals surface area contributed by atoms with Gasteiger partial charge in [-0.25, -0.2) is 4.98 Å². The first-order valence-corrected chi connectivity index (χ1v) is 16.6. The molecule has 3 nitrogen and oxygen atoms in total. The maximum absolute atomic E-state index is 6.50. The van der Waals surface area contributed by atoms with E-state index in [-0.39, 0.29) is 0 Å². The van der Waals surface area contributed by atoms with Crippen LogP contribution in [0, 0.1) is 0 Å². The van der Waals surface area contributed by atoms with Crippen molar-refractivity contribution in [3.05, 3.63) is 158 Å². The number of oxazole rings is 1. The highest BCUT2D eigenvalue weighted by atomic mass is 32.1. The van der Waals surface area contributed by atoms with Gasteiger partial charge < -0.3 is 8.98 Å². The van der Waals surface area contributed by atoms with Gasteiger partial charge in [0.25, 0.3) is 0 Å². The van der Waals surface area contributed by atoms with Crippen LogP contribution in [-0.2, 0) is 0 Å². The third-order valence-electron chi connectivity index (χ3n) is 9.25. The molecule has 0 aliphatic heterocycles. The van der Waals surface area contributed by atoms with E-state index in [4.69, 9.17) is 9.40 Å². The minimum Gasteiger partial charge on any atom is -0.435 e. The summed E-state index contributed by atoms with van der Waals surface area (Å²) < 4.78 is 11.3. The number of fused-ring (bicyclic) bond motifs is 8. The van der Waals surface area contributed by atoms with Crippen molar-refractivity contribution in [2.24, 2.45) is 0 Å². The van der Waals surface area contributed by atoms with Gasteiger partial charge in [0.1, 0.15) is 5.52 Å². The van der Waals surface area contributed by atoms with Crippen LogP contribution >= 0.6 is 11.3 Å². The lowest BCUT2D eigenvalue weighted by Gasteiger charge is -2.09. The van der Waals surface area contributed by atoms with E-state index in [0.717, 1.165) is 27.7 Å². The van der Waals surface area contributed by atoms with E-state index in [1.54, 1.807) is 11.3 Å². The minimum absolute atomic E-state index is 0.636. The van der Waals surface area contributed by atoms with Crippen LogP contribution in [0.5, 0.6) is 0 Å². The van der Waals surface area contributed by atoms with Gasteiger partial charge in [-0.05, 0) is 89.0 Å². The van der Waals surface area contributed by atoms with Gasteiger partial charge in [0.15, 0.2) is 5.58 Å².